The number of ether oxygens (including phenoxy) is 4. The van der Waals surface area contributed by atoms with Gasteiger partial charge in [-0.2, -0.15) is 4.57 Å². The number of ketones is 1. The number of carbonyl (C=O) groups is 3. The predicted molar refractivity (Wildman–Crippen MR) is 90.2 cm³/mol. The van der Waals surface area contributed by atoms with Crippen molar-refractivity contribution in [3.8, 4) is 11.5 Å². The first-order chi connectivity index (χ1) is 13.0. The summed E-state index contributed by atoms with van der Waals surface area (Å²) >= 11 is 0. The molecule has 0 saturated heterocycles. The highest BCUT2D eigenvalue weighted by Crippen LogP contribution is 2.25. The summed E-state index contributed by atoms with van der Waals surface area (Å²) in [7, 11) is 2.48. The van der Waals surface area contributed by atoms with E-state index in [9.17, 15) is 14.4 Å². The molecule has 0 radical (unpaired) electrons. The number of methoxy groups -OCH3 is 2. The molecule has 2 aromatic rings. The highest BCUT2D eigenvalue weighted by Gasteiger charge is 2.19. The van der Waals surface area contributed by atoms with E-state index in [4.69, 9.17) is 9.47 Å². The van der Waals surface area contributed by atoms with Crippen LogP contribution in [0, 0.1) is 0 Å². The second-order valence-corrected chi connectivity index (χ2v) is 5.23. The van der Waals surface area contributed by atoms with Crippen LogP contribution >= 0.6 is 0 Å². The average molecular weight is 375 g/mol. The van der Waals surface area contributed by atoms with Crippen LogP contribution in [0.3, 0.4) is 0 Å². The van der Waals surface area contributed by atoms with Crippen LogP contribution in [0.1, 0.15) is 10.4 Å². The van der Waals surface area contributed by atoms with E-state index >= 15 is 0 Å². The molecule has 0 atom stereocenters. The van der Waals surface area contributed by atoms with Gasteiger partial charge in [0.1, 0.15) is 11.5 Å². The number of hydrogen-bond donors (Lipinski definition) is 0. The van der Waals surface area contributed by atoms with Gasteiger partial charge < -0.3 is 18.9 Å². The molecule has 27 heavy (non-hydrogen) atoms. The Morgan fingerprint density at radius 3 is 2.22 bits per heavy atom. The maximum Gasteiger partial charge on any atom is 0.343 e. The van der Waals surface area contributed by atoms with Gasteiger partial charge in [0.15, 0.2) is 25.6 Å². The van der Waals surface area contributed by atoms with Crippen LogP contribution in [0.4, 0.5) is 0 Å². The average Bonchev–Trinajstić information content (AvgIpc) is 2.71. The van der Waals surface area contributed by atoms with Crippen molar-refractivity contribution in [1.82, 2.24) is 4.98 Å². The van der Waals surface area contributed by atoms with Gasteiger partial charge in [0.05, 0.1) is 32.2 Å². The Labute approximate surface area is 155 Å². The van der Waals surface area contributed by atoms with E-state index in [0.717, 1.165) is 0 Å². The maximum absolute atomic E-state index is 12.7. The lowest BCUT2D eigenvalue weighted by Crippen LogP contribution is -2.37. The van der Waals surface area contributed by atoms with Gasteiger partial charge in [-0.3, -0.25) is 9.78 Å². The van der Waals surface area contributed by atoms with Gasteiger partial charge in [-0.15, -0.1) is 0 Å². The first-order valence-corrected chi connectivity index (χ1v) is 7.89. The Kier molecular flexibility index (Phi) is 7.24. The van der Waals surface area contributed by atoms with Crippen molar-refractivity contribution in [2.24, 2.45) is 0 Å². The van der Waals surface area contributed by atoms with Gasteiger partial charge >= 0.3 is 11.9 Å². The summed E-state index contributed by atoms with van der Waals surface area (Å²) in [5.74, 6) is -0.932. The molecule has 0 fully saturated rings. The molecular weight excluding hydrogens is 356 g/mol. The van der Waals surface area contributed by atoms with Gasteiger partial charge in [0, 0.05) is 0 Å². The standard InChI is InChI=1S/C18H19N2O7/c1-24-17(22)11-26-13-3-4-16(27-12-18(23)25-2)14(9-13)15(21)10-20-7-5-19-6-8-20/h3-9H,10-12H2,1-2H3/q+1. The van der Waals surface area contributed by atoms with E-state index in [1.54, 1.807) is 29.4 Å². The Hall–Kier alpha value is -3.49. The van der Waals surface area contributed by atoms with Crippen LogP contribution in [0.25, 0.3) is 0 Å². The second kappa shape index (κ2) is 9.85. The fraction of sp³-hybridized carbons (Fsp3) is 0.278. The van der Waals surface area contributed by atoms with Crippen LogP contribution in [-0.4, -0.2) is 50.1 Å². The molecule has 1 heterocycles. The van der Waals surface area contributed by atoms with E-state index < -0.39 is 11.9 Å². The van der Waals surface area contributed by atoms with Gasteiger partial charge in [-0.25, -0.2) is 9.59 Å². The third kappa shape index (κ3) is 6.07. The lowest BCUT2D eigenvalue weighted by atomic mass is 10.1. The minimum Gasteiger partial charge on any atom is -0.482 e. The Bertz CT molecular complexity index is 809. The first kappa shape index (κ1) is 19.8. The Balaban J connectivity index is 2.22. The van der Waals surface area contributed by atoms with Crippen molar-refractivity contribution in [2.75, 3.05) is 27.4 Å². The van der Waals surface area contributed by atoms with Crippen molar-refractivity contribution in [2.45, 2.75) is 6.54 Å². The van der Waals surface area contributed by atoms with Crippen LogP contribution in [0.15, 0.2) is 43.0 Å². The molecule has 0 N–H and O–H groups in total. The van der Waals surface area contributed by atoms with Crippen molar-refractivity contribution in [1.29, 1.82) is 0 Å². The highest BCUT2D eigenvalue weighted by atomic mass is 16.6. The quantitative estimate of drug-likeness (QED) is 0.351. The smallest absolute Gasteiger partial charge is 0.343 e. The molecule has 9 nitrogen and oxygen atoms in total. The van der Waals surface area contributed by atoms with Gasteiger partial charge in [-0.1, -0.05) is 0 Å². The minimum absolute atomic E-state index is 0.0254. The summed E-state index contributed by atoms with van der Waals surface area (Å²) in [6, 6.07) is 4.45. The number of aromatic nitrogens is 2. The summed E-state index contributed by atoms with van der Waals surface area (Å²) < 4.78 is 21.4. The number of esters is 2. The van der Waals surface area contributed by atoms with E-state index in [-0.39, 0.29) is 42.6 Å². The van der Waals surface area contributed by atoms with Gasteiger partial charge in [0.25, 0.3) is 0 Å². The molecule has 0 aliphatic heterocycles. The number of hydrogen-bond acceptors (Lipinski definition) is 8. The van der Waals surface area contributed by atoms with Crippen LogP contribution in [0.5, 0.6) is 11.5 Å². The molecule has 1 aromatic carbocycles. The van der Waals surface area contributed by atoms with Crippen LogP contribution in [-0.2, 0) is 25.6 Å². The highest BCUT2D eigenvalue weighted by molar-refractivity contribution is 5.98. The van der Waals surface area contributed by atoms with Crippen molar-refractivity contribution >= 4 is 17.7 Å². The van der Waals surface area contributed by atoms with Gasteiger partial charge in [0.2, 0.25) is 12.3 Å². The number of benzene rings is 1. The van der Waals surface area contributed by atoms with Crippen LogP contribution in [0.2, 0.25) is 0 Å². The van der Waals surface area contributed by atoms with E-state index in [1.807, 2.05) is 0 Å². The predicted octanol–water partition coefficient (Wildman–Crippen LogP) is 0.356. The second-order valence-electron chi connectivity index (χ2n) is 5.23. The van der Waals surface area contributed by atoms with E-state index in [1.165, 1.54) is 32.4 Å². The largest absolute Gasteiger partial charge is 0.482 e. The molecule has 0 aliphatic rings. The monoisotopic (exact) mass is 375 g/mol. The zero-order chi connectivity index (χ0) is 19.6. The summed E-state index contributed by atoms with van der Waals surface area (Å²) in [4.78, 5) is 39.1. The molecule has 0 aliphatic carbocycles. The molecule has 0 bridgehead atoms. The van der Waals surface area contributed by atoms with Crippen molar-refractivity contribution in [3.63, 3.8) is 0 Å². The van der Waals surface area contributed by atoms with Crippen molar-refractivity contribution in [3.05, 3.63) is 48.5 Å². The summed E-state index contributed by atoms with van der Waals surface area (Å²) in [5.41, 5.74) is 0.200. The molecule has 0 amide bonds. The summed E-state index contributed by atoms with van der Waals surface area (Å²) in [6.07, 6.45) is 6.39. The lowest BCUT2D eigenvalue weighted by Gasteiger charge is -2.12. The van der Waals surface area contributed by atoms with Crippen molar-refractivity contribution < 1.29 is 37.9 Å². The fourth-order valence-electron chi connectivity index (χ4n) is 2.04. The third-order valence-corrected chi connectivity index (χ3v) is 3.42. The molecule has 0 spiro atoms. The maximum atomic E-state index is 12.7. The number of nitrogens with zero attached hydrogens (tertiary/aromatic N) is 2. The SMILES string of the molecule is COC(=O)COc1ccc(OCC(=O)OC)c(C(=O)C[n+]2ccncc2)c1. The molecule has 9 heteroatoms. The normalized spacial score (nSPS) is 10.0. The van der Waals surface area contributed by atoms with Crippen LogP contribution < -0.4 is 14.0 Å². The summed E-state index contributed by atoms with van der Waals surface area (Å²) in [5, 5.41) is 0. The topological polar surface area (TPSA) is 105 Å². The molecule has 2 rings (SSSR count). The minimum atomic E-state index is -0.581. The molecule has 1 aromatic heterocycles. The molecule has 142 valence electrons. The Morgan fingerprint density at radius 2 is 1.59 bits per heavy atom. The number of Topliss-reactive ketones (excluding diaryl/α,β-unsaturated/α-hetero) is 1. The zero-order valence-electron chi connectivity index (χ0n) is 14.9. The third-order valence-electron chi connectivity index (χ3n) is 3.42. The number of carbonyl (C=O) groups excluding carboxylic acids is 3. The van der Waals surface area contributed by atoms with Gasteiger partial charge in [-0.05, 0) is 18.2 Å². The lowest BCUT2D eigenvalue weighted by molar-refractivity contribution is -0.683. The Morgan fingerprint density at radius 1 is 0.963 bits per heavy atom. The van der Waals surface area contributed by atoms with E-state index in [2.05, 4.69) is 14.5 Å². The number of rotatable bonds is 9. The molecule has 0 unspecified atom stereocenters. The zero-order valence-corrected chi connectivity index (χ0v) is 14.9. The van der Waals surface area contributed by atoms with E-state index in [0.29, 0.717) is 0 Å². The molecule has 0 saturated carbocycles. The molecular formula is C18H19N2O7+. The summed E-state index contributed by atoms with van der Waals surface area (Å²) in [6.45, 7) is -0.620. The fourth-order valence-corrected chi connectivity index (χ4v) is 2.04. The first-order valence-electron chi connectivity index (χ1n) is 7.89.